The second-order valence-corrected chi connectivity index (χ2v) is 6.88. The van der Waals surface area contributed by atoms with Crippen LogP contribution in [0.3, 0.4) is 0 Å². The molecule has 0 saturated heterocycles. The SMILES string of the molecule is Cc1ccc2nc(SC3Cc4ccccc4C3N)[nH]c2c1. The summed E-state index contributed by atoms with van der Waals surface area (Å²) in [5.41, 5.74) is 12.4. The molecule has 2 aromatic carbocycles. The molecule has 2 unspecified atom stereocenters. The molecule has 1 heterocycles. The molecule has 4 heteroatoms. The summed E-state index contributed by atoms with van der Waals surface area (Å²) in [6, 6.07) is 14.8. The molecule has 1 aliphatic carbocycles. The monoisotopic (exact) mass is 295 g/mol. The molecule has 0 radical (unpaired) electrons. The third kappa shape index (κ3) is 2.24. The van der Waals surface area contributed by atoms with Gasteiger partial charge in [-0.3, -0.25) is 0 Å². The second-order valence-electron chi connectivity index (χ2n) is 5.65. The summed E-state index contributed by atoms with van der Waals surface area (Å²) in [6.45, 7) is 2.09. The van der Waals surface area contributed by atoms with E-state index in [0.29, 0.717) is 5.25 Å². The minimum absolute atomic E-state index is 0.0844. The first kappa shape index (κ1) is 12.9. The number of nitrogens with zero attached hydrogens (tertiary/aromatic N) is 1. The summed E-state index contributed by atoms with van der Waals surface area (Å²) in [7, 11) is 0. The van der Waals surface area contributed by atoms with E-state index >= 15 is 0 Å². The lowest BCUT2D eigenvalue weighted by molar-refractivity contribution is 0.729. The molecule has 1 aliphatic rings. The number of nitrogens with one attached hydrogen (secondary N) is 1. The van der Waals surface area contributed by atoms with Crippen LogP contribution in [-0.4, -0.2) is 15.2 Å². The fraction of sp³-hybridized carbons (Fsp3) is 0.235. The molecular weight excluding hydrogens is 278 g/mol. The molecule has 4 rings (SSSR count). The second kappa shape index (κ2) is 4.90. The van der Waals surface area contributed by atoms with Crippen molar-refractivity contribution in [3.63, 3.8) is 0 Å². The van der Waals surface area contributed by atoms with Crippen molar-refractivity contribution in [2.75, 3.05) is 0 Å². The Labute approximate surface area is 128 Å². The van der Waals surface area contributed by atoms with Crippen LogP contribution in [0.4, 0.5) is 0 Å². The van der Waals surface area contributed by atoms with Crippen LogP contribution in [0.15, 0.2) is 47.6 Å². The normalized spacial score (nSPS) is 20.9. The number of aryl methyl sites for hydroxylation is 1. The zero-order valence-electron chi connectivity index (χ0n) is 11.8. The van der Waals surface area contributed by atoms with Gasteiger partial charge in [-0.1, -0.05) is 42.1 Å². The van der Waals surface area contributed by atoms with Crippen LogP contribution in [0.2, 0.25) is 0 Å². The van der Waals surface area contributed by atoms with Crippen molar-refractivity contribution in [2.45, 2.75) is 29.8 Å². The Hall–Kier alpha value is -1.78. The minimum atomic E-state index is 0.0844. The van der Waals surface area contributed by atoms with Gasteiger partial charge in [-0.15, -0.1) is 0 Å². The van der Waals surface area contributed by atoms with Crippen molar-refractivity contribution in [1.82, 2.24) is 9.97 Å². The first-order chi connectivity index (χ1) is 10.2. The van der Waals surface area contributed by atoms with E-state index in [0.717, 1.165) is 22.6 Å². The van der Waals surface area contributed by atoms with Gasteiger partial charge in [0, 0.05) is 11.3 Å². The quantitative estimate of drug-likeness (QED) is 0.759. The number of aromatic nitrogens is 2. The molecule has 106 valence electrons. The third-order valence-electron chi connectivity index (χ3n) is 4.11. The maximum absolute atomic E-state index is 6.39. The van der Waals surface area contributed by atoms with Gasteiger partial charge in [0.1, 0.15) is 0 Å². The van der Waals surface area contributed by atoms with E-state index in [9.17, 15) is 0 Å². The molecule has 3 aromatic rings. The number of thioether (sulfide) groups is 1. The first-order valence-electron chi connectivity index (χ1n) is 7.17. The molecular formula is C17H17N3S. The number of imidazole rings is 1. The lowest BCUT2D eigenvalue weighted by Crippen LogP contribution is -2.19. The van der Waals surface area contributed by atoms with Crippen molar-refractivity contribution < 1.29 is 0 Å². The van der Waals surface area contributed by atoms with E-state index in [1.165, 1.54) is 16.7 Å². The van der Waals surface area contributed by atoms with Crippen molar-refractivity contribution in [1.29, 1.82) is 0 Å². The summed E-state index contributed by atoms with van der Waals surface area (Å²) >= 11 is 1.76. The molecule has 3 nitrogen and oxygen atoms in total. The maximum Gasteiger partial charge on any atom is 0.166 e. The zero-order valence-corrected chi connectivity index (χ0v) is 12.7. The summed E-state index contributed by atoms with van der Waals surface area (Å²) in [4.78, 5) is 8.07. The Morgan fingerprint density at radius 2 is 2.10 bits per heavy atom. The van der Waals surface area contributed by atoms with Gasteiger partial charge in [0.2, 0.25) is 0 Å². The van der Waals surface area contributed by atoms with Crippen LogP contribution in [0.25, 0.3) is 11.0 Å². The van der Waals surface area contributed by atoms with Crippen molar-refractivity contribution in [3.05, 3.63) is 59.2 Å². The van der Waals surface area contributed by atoms with E-state index < -0.39 is 0 Å². The van der Waals surface area contributed by atoms with Gasteiger partial charge < -0.3 is 10.7 Å². The van der Waals surface area contributed by atoms with Gasteiger partial charge in [0.05, 0.1) is 11.0 Å². The molecule has 0 aliphatic heterocycles. The summed E-state index contributed by atoms with van der Waals surface area (Å²) in [5.74, 6) is 0. The molecule has 3 N–H and O–H groups in total. The Bertz CT molecular complexity index is 809. The maximum atomic E-state index is 6.39. The van der Waals surface area contributed by atoms with Crippen LogP contribution in [0, 0.1) is 6.92 Å². The van der Waals surface area contributed by atoms with E-state index in [2.05, 4.69) is 59.4 Å². The number of aromatic amines is 1. The third-order valence-corrected chi connectivity index (χ3v) is 5.29. The molecule has 0 fully saturated rings. The Kier molecular flexibility index (Phi) is 3.01. The van der Waals surface area contributed by atoms with Crippen molar-refractivity contribution >= 4 is 22.8 Å². The molecule has 0 bridgehead atoms. The van der Waals surface area contributed by atoms with E-state index in [-0.39, 0.29) is 6.04 Å². The van der Waals surface area contributed by atoms with E-state index in [1.807, 2.05) is 0 Å². The number of hydrogen-bond acceptors (Lipinski definition) is 3. The fourth-order valence-corrected chi connectivity index (χ4v) is 4.17. The molecule has 0 saturated carbocycles. The average molecular weight is 295 g/mol. The average Bonchev–Trinajstić information content (AvgIpc) is 3.01. The largest absolute Gasteiger partial charge is 0.333 e. The van der Waals surface area contributed by atoms with Crippen LogP contribution < -0.4 is 5.73 Å². The van der Waals surface area contributed by atoms with Crippen LogP contribution in [-0.2, 0) is 6.42 Å². The number of fused-ring (bicyclic) bond motifs is 2. The fourth-order valence-electron chi connectivity index (χ4n) is 3.00. The van der Waals surface area contributed by atoms with E-state index in [1.54, 1.807) is 11.8 Å². The Morgan fingerprint density at radius 1 is 1.24 bits per heavy atom. The van der Waals surface area contributed by atoms with Gasteiger partial charge in [0.15, 0.2) is 5.16 Å². The summed E-state index contributed by atoms with van der Waals surface area (Å²) in [5, 5.41) is 1.31. The Balaban J connectivity index is 1.61. The lowest BCUT2D eigenvalue weighted by atomic mass is 10.1. The lowest BCUT2D eigenvalue weighted by Gasteiger charge is -2.13. The van der Waals surface area contributed by atoms with Crippen LogP contribution >= 0.6 is 11.8 Å². The number of nitrogens with two attached hydrogens (primary N) is 1. The highest BCUT2D eigenvalue weighted by molar-refractivity contribution is 7.99. The van der Waals surface area contributed by atoms with Gasteiger partial charge in [-0.2, -0.15) is 0 Å². The van der Waals surface area contributed by atoms with Crippen molar-refractivity contribution in [3.8, 4) is 0 Å². The highest BCUT2D eigenvalue weighted by Crippen LogP contribution is 2.39. The molecule has 2 atom stereocenters. The predicted molar refractivity (Wildman–Crippen MR) is 87.6 cm³/mol. The first-order valence-corrected chi connectivity index (χ1v) is 8.05. The standard InChI is InChI=1S/C17H17N3S/c1-10-6-7-13-14(8-10)20-17(19-13)21-15-9-11-4-2-3-5-12(11)16(15)18/h2-8,15-16H,9,18H2,1H3,(H,19,20). The van der Waals surface area contributed by atoms with Gasteiger partial charge >= 0.3 is 0 Å². The van der Waals surface area contributed by atoms with Crippen molar-refractivity contribution in [2.24, 2.45) is 5.73 Å². The van der Waals surface area contributed by atoms with Gasteiger partial charge in [0.25, 0.3) is 0 Å². The van der Waals surface area contributed by atoms with Crippen LogP contribution in [0.1, 0.15) is 22.7 Å². The van der Waals surface area contributed by atoms with Gasteiger partial charge in [-0.05, 0) is 42.2 Å². The zero-order chi connectivity index (χ0) is 14.4. The molecule has 1 aromatic heterocycles. The van der Waals surface area contributed by atoms with Crippen LogP contribution in [0.5, 0.6) is 0 Å². The number of H-pyrrole nitrogens is 1. The topological polar surface area (TPSA) is 54.7 Å². The predicted octanol–water partition coefficient (Wildman–Crippen LogP) is 3.59. The number of rotatable bonds is 2. The number of benzene rings is 2. The highest BCUT2D eigenvalue weighted by atomic mass is 32.2. The highest BCUT2D eigenvalue weighted by Gasteiger charge is 2.30. The van der Waals surface area contributed by atoms with Gasteiger partial charge in [-0.25, -0.2) is 4.98 Å². The Morgan fingerprint density at radius 3 is 2.95 bits per heavy atom. The smallest absolute Gasteiger partial charge is 0.166 e. The molecule has 0 amide bonds. The number of hydrogen-bond donors (Lipinski definition) is 2. The molecule has 0 spiro atoms. The molecule has 21 heavy (non-hydrogen) atoms. The van der Waals surface area contributed by atoms with E-state index in [4.69, 9.17) is 5.73 Å². The summed E-state index contributed by atoms with van der Waals surface area (Å²) < 4.78 is 0. The summed E-state index contributed by atoms with van der Waals surface area (Å²) in [6.07, 6.45) is 1.01. The minimum Gasteiger partial charge on any atom is -0.333 e.